The Balaban J connectivity index is 1.16. The third kappa shape index (κ3) is 4.77. The van der Waals surface area contributed by atoms with Crippen LogP contribution in [0.2, 0.25) is 5.02 Å². The Morgan fingerprint density at radius 3 is 2.42 bits per heavy atom. The van der Waals surface area contributed by atoms with Gasteiger partial charge in [-0.15, -0.1) is 0 Å². The highest BCUT2D eigenvalue weighted by Crippen LogP contribution is 2.43. The van der Waals surface area contributed by atoms with E-state index in [0.717, 1.165) is 42.3 Å². The van der Waals surface area contributed by atoms with E-state index in [0.29, 0.717) is 29.5 Å². The number of ketones is 1. The van der Waals surface area contributed by atoms with E-state index in [4.69, 9.17) is 16.3 Å². The number of sulfonamides is 1. The maximum atomic E-state index is 13.8. The number of Topliss-reactive ketones (excluding diaryl/α,β-unsaturated/α-hetero) is 1. The van der Waals surface area contributed by atoms with Crippen LogP contribution < -0.4 is 9.04 Å². The van der Waals surface area contributed by atoms with E-state index in [1.165, 1.54) is 10.4 Å². The summed E-state index contributed by atoms with van der Waals surface area (Å²) >= 11 is 6.17. The third-order valence-corrected chi connectivity index (χ3v) is 9.43. The normalized spacial score (nSPS) is 17.3. The molecule has 8 heteroatoms. The topological polar surface area (TPSA) is 66.9 Å². The zero-order valence-corrected chi connectivity index (χ0v) is 22.3. The zero-order chi connectivity index (χ0) is 26.3. The lowest BCUT2D eigenvalue weighted by Crippen LogP contribution is -2.42. The first-order valence-corrected chi connectivity index (χ1v) is 14.5. The lowest BCUT2D eigenvalue weighted by atomic mass is 9.96. The number of piperidine rings is 1. The van der Waals surface area contributed by atoms with Crippen LogP contribution in [-0.2, 0) is 10.0 Å². The molecule has 6 nitrogen and oxygen atoms in total. The van der Waals surface area contributed by atoms with Crippen molar-refractivity contribution in [2.24, 2.45) is 5.92 Å². The van der Waals surface area contributed by atoms with Crippen LogP contribution in [-0.4, -0.2) is 45.3 Å². The number of anilines is 1. The molecule has 38 heavy (non-hydrogen) atoms. The van der Waals surface area contributed by atoms with Gasteiger partial charge in [-0.25, -0.2) is 8.42 Å². The van der Waals surface area contributed by atoms with Gasteiger partial charge in [0.15, 0.2) is 11.5 Å². The summed E-state index contributed by atoms with van der Waals surface area (Å²) in [6, 6.07) is 25.7. The van der Waals surface area contributed by atoms with Crippen LogP contribution in [0.4, 0.5) is 5.69 Å². The van der Waals surface area contributed by atoms with Gasteiger partial charge in [0.05, 0.1) is 12.2 Å². The highest BCUT2D eigenvalue weighted by molar-refractivity contribution is 7.93. The molecule has 0 spiro atoms. The van der Waals surface area contributed by atoms with Crippen molar-refractivity contribution in [3.8, 4) is 11.5 Å². The fraction of sp³-hybridized carbons (Fsp3) is 0.233. The summed E-state index contributed by atoms with van der Waals surface area (Å²) < 4.78 is 35.1. The molecular weight excluding hydrogens is 520 g/mol. The first-order chi connectivity index (χ1) is 18.4. The molecule has 4 aromatic rings. The van der Waals surface area contributed by atoms with Gasteiger partial charge in [0.25, 0.3) is 10.0 Å². The van der Waals surface area contributed by atoms with Crippen molar-refractivity contribution in [3.63, 3.8) is 0 Å². The third-order valence-electron chi connectivity index (χ3n) is 7.40. The number of fused-ring (bicyclic) bond motifs is 3. The van der Waals surface area contributed by atoms with E-state index in [1.807, 2.05) is 54.6 Å². The predicted octanol–water partition coefficient (Wildman–Crippen LogP) is 6.39. The second-order valence-electron chi connectivity index (χ2n) is 9.90. The number of para-hydroxylation sites is 2. The molecule has 0 N–H and O–H groups in total. The largest absolute Gasteiger partial charge is 0.454 e. The average Bonchev–Trinajstić information content (AvgIpc) is 3.01. The Morgan fingerprint density at radius 1 is 0.868 bits per heavy atom. The lowest BCUT2D eigenvalue weighted by molar-refractivity contribution is 0.0898. The molecule has 0 atom stereocenters. The molecule has 0 saturated carbocycles. The van der Waals surface area contributed by atoms with E-state index in [-0.39, 0.29) is 22.3 Å². The lowest BCUT2D eigenvalue weighted by Gasteiger charge is -2.34. The number of rotatable bonds is 5. The summed E-state index contributed by atoms with van der Waals surface area (Å²) in [5.41, 5.74) is 1.24. The SMILES string of the molecule is O=C(CN1CCC(CN2c3ccccc3Oc3ccc(Cl)cc3S2(=O)=O)CC1)c1ccc2ccccc2c1. The minimum Gasteiger partial charge on any atom is -0.454 e. The maximum absolute atomic E-state index is 13.8. The molecule has 0 radical (unpaired) electrons. The van der Waals surface area contributed by atoms with Crippen molar-refractivity contribution < 1.29 is 17.9 Å². The number of carbonyl (C=O) groups excluding carboxylic acids is 1. The van der Waals surface area contributed by atoms with Gasteiger partial charge in [0, 0.05) is 17.1 Å². The van der Waals surface area contributed by atoms with Crippen LogP contribution in [0.25, 0.3) is 10.8 Å². The Kier molecular flexibility index (Phi) is 6.60. The van der Waals surface area contributed by atoms with Gasteiger partial charge in [-0.05, 0) is 79.0 Å². The summed E-state index contributed by atoms with van der Waals surface area (Å²) in [5, 5.41) is 2.51. The molecule has 0 bridgehead atoms. The van der Waals surface area contributed by atoms with E-state index < -0.39 is 10.0 Å². The standard InChI is InChI=1S/C30H27ClN2O4S/c31-25-11-12-29-30(18-25)38(35,36)33(26-7-3-4-8-28(26)37-29)19-21-13-15-32(16-14-21)20-27(34)24-10-9-22-5-1-2-6-23(22)17-24/h1-12,17-18,21H,13-16,19-20H2. The Hall–Kier alpha value is -3.39. The number of carbonyl (C=O) groups is 1. The van der Waals surface area contributed by atoms with Gasteiger partial charge in [-0.1, -0.05) is 60.1 Å². The van der Waals surface area contributed by atoms with Crippen molar-refractivity contribution in [3.05, 3.63) is 95.5 Å². The molecule has 1 fully saturated rings. The van der Waals surface area contributed by atoms with Crippen LogP contribution in [0.5, 0.6) is 11.5 Å². The summed E-state index contributed by atoms with van der Waals surface area (Å²) in [6.07, 6.45) is 1.59. The van der Waals surface area contributed by atoms with Gasteiger partial charge in [-0.3, -0.25) is 14.0 Å². The Labute approximate surface area is 227 Å². The van der Waals surface area contributed by atoms with Crippen molar-refractivity contribution >= 4 is 43.9 Å². The van der Waals surface area contributed by atoms with Crippen molar-refractivity contribution in [2.45, 2.75) is 17.7 Å². The minimum absolute atomic E-state index is 0.0691. The van der Waals surface area contributed by atoms with Crippen LogP contribution in [0.3, 0.4) is 0 Å². The number of likely N-dealkylation sites (tertiary alicyclic amines) is 1. The van der Waals surface area contributed by atoms with Crippen LogP contribution in [0, 0.1) is 5.92 Å². The molecule has 4 aromatic carbocycles. The van der Waals surface area contributed by atoms with Gasteiger partial charge in [0.2, 0.25) is 0 Å². The maximum Gasteiger partial charge on any atom is 0.268 e. The summed E-state index contributed by atoms with van der Waals surface area (Å²) in [5.74, 6) is 1.01. The molecule has 0 amide bonds. The van der Waals surface area contributed by atoms with Gasteiger partial charge >= 0.3 is 0 Å². The molecule has 0 aromatic heterocycles. The Bertz CT molecular complexity index is 1630. The van der Waals surface area contributed by atoms with E-state index in [1.54, 1.807) is 24.3 Å². The molecule has 2 aliphatic heterocycles. The first kappa shape index (κ1) is 24.9. The highest BCUT2D eigenvalue weighted by Gasteiger charge is 2.36. The molecule has 1 saturated heterocycles. The number of nitrogens with zero attached hydrogens (tertiary/aromatic N) is 2. The molecule has 2 aliphatic rings. The van der Waals surface area contributed by atoms with E-state index in [9.17, 15) is 13.2 Å². The Morgan fingerprint density at radius 2 is 1.61 bits per heavy atom. The van der Waals surface area contributed by atoms with Crippen molar-refractivity contribution in [2.75, 3.05) is 30.5 Å². The van der Waals surface area contributed by atoms with Gasteiger partial charge in [0.1, 0.15) is 10.6 Å². The van der Waals surface area contributed by atoms with Gasteiger partial charge < -0.3 is 4.74 Å². The number of benzene rings is 4. The molecule has 2 heterocycles. The smallest absolute Gasteiger partial charge is 0.268 e. The predicted molar refractivity (Wildman–Crippen MR) is 150 cm³/mol. The second-order valence-corrected chi connectivity index (χ2v) is 12.2. The zero-order valence-electron chi connectivity index (χ0n) is 20.7. The first-order valence-electron chi connectivity index (χ1n) is 12.7. The molecule has 0 aliphatic carbocycles. The van der Waals surface area contributed by atoms with E-state index >= 15 is 0 Å². The summed E-state index contributed by atoms with van der Waals surface area (Å²) in [4.78, 5) is 15.2. The van der Waals surface area contributed by atoms with Crippen molar-refractivity contribution in [1.82, 2.24) is 4.90 Å². The van der Waals surface area contributed by atoms with Crippen LogP contribution >= 0.6 is 11.6 Å². The van der Waals surface area contributed by atoms with E-state index in [2.05, 4.69) is 4.90 Å². The van der Waals surface area contributed by atoms with Crippen LogP contribution in [0.15, 0.2) is 89.8 Å². The highest BCUT2D eigenvalue weighted by atomic mass is 35.5. The molecule has 194 valence electrons. The minimum atomic E-state index is -3.88. The number of hydrogen-bond acceptors (Lipinski definition) is 5. The fourth-order valence-corrected chi connectivity index (χ4v) is 7.23. The molecule has 0 unspecified atom stereocenters. The molecule has 6 rings (SSSR count). The fourth-order valence-electron chi connectivity index (χ4n) is 5.30. The average molecular weight is 547 g/mol. The quantitative estimate of drug-likeness (QED) is 0.271. The van der Waals surface area contributed by atoms with Gasteiger partial charge in [-0.2, -0.15) is 0 Å². The number of halogens is 1. The number of hydrogen-bond donors (Lipinski definition) is 0. The monoisotopic (exact) mass is 546 g/mol. The summed E-state index contributed by atoms with van der Waals surface area (Å²) in [6.45, 7) is 2.16. The number of ether oxygens (including phenoxy) is 1. The second kappa shape index (κ2) is 10.1. The van der Waals surface area contributed by atoms with Crippen LogP contribution in [0.1, 0.15) is 23.2 Å². The molecular formula is C30H27ClN2O4S. The van der Waals surface area contributed by atoms with Crippen molar-refractivity contribution in [1.29, 1.82) is 0 Å². The summed E-state index contributed by atoms with van der Waals surface area (Å²) in [7, 11) is -3.88.